The largest absolute Gasteiger partial charge is 0.479 e. The van der Waals surface area contributed by atoms with Crippen molar-refractivity contribution in [2.45, 2.75) is 24.8 Å². The molecule has 1 atom stereocenters. The molecule has 7 heteroatoms. The first kappa shape index (κ1) is 15.5. The number of carboxylic acid groups (broad SMARTS) is 1. The van der Waals surface area contributed by atoms with Crippen LogP contribution in [0.2, 0.25) is 0 Å². The smallest absolute Gasteiger partial charge is 0.332 e. The van der Waals surface area contributed by atoms with Crippen LogP contribution in [-0.4, -0.2) is 57.7 Å². The van der Waals surface area contributed by atoms with Gasteiger partial charge in [-0.2, -0.15) is 0 Å². The lowest BCUT2D eigenvalue weighted by Crippen LogP contribution is -2.56. The van der Waals surface area contributed by atoms with Gasteiger partial charge in [0.15, 0.2) is 5.54 Å². The standard InChI is InChI=1S/C16H19N3O4/c1-23-10-16(15(21)22)5-3-7-19(16)13(20)8-11-9-18-14-12(11)4-2-6-17-14/h2,4,6,9H,3,5,7-8,10H2,1H3,(H,17,18)(H,21,22). The zero-order chi connectivity index (χ0) is 16.4. The van der Waals surface area contributed by atoms with Gasteiger partial charge in [0.1, 0.15) is 5.65 Å². The number of hydrogen-bond acceptors (Lipinski definition) is 4. The van der Waals surface area contributed by atoms with E-state index < -0.39 is 11.5 Å². The molecule has 1 unspecified atom stereocenters. The molecule has 2 aromatic heterocycles. The van der Waals surface area contributed by atoms with Crippen molar-refractivity contribution in [1.82, 2.24) is 14.9 Å². The summed E-state index contributed by atoms with van der Waals surface area (Å²) in [5, 5.41) is 10.5. The number of methoxy groups -OCH3 is 1. The molecule has 0 bridgehead atoms. The lowest BCUT2D eigenvalue weighted by Gasteiger charge is -2.34. The molecule has 0 saturated carbocycles. The third-order valence-corrected chi connectivity index (χ3v) is 4.45. The predicted octanol–water partition coefficient (Wildman–Crippen LogP) is 1.20. The highest BCUT2D eigenvalue weighted by Crippen LogP contribution is 2.31. The number of H-pyrrole nitrogens is 1. The van der Waals surface area contributed by atoms with Crippen LogP contribution in [0.1, 0.15) is 18.4 Å². The number of rotatable bonds is 5. The molecule has 2 N–H and O–H groups in total. The number of nitrogens with one attached hydrogen (secondary N) is 1. The fourth-order valence-electron chi connectivity index (χ4n) is 3.33. The second kappa shape index (κ2) is 6.00. The summed E-state index contributed by atoms with van der Waals surface area (Å²) >= 11 is 0. The van der Waals surface area contributed by atoms with Crippen LogP contribution in [-0.2, 0) is 20.7 Å². The predicted molar refractivity (Wildman–Crippen MR) is 83.0 cm³/mol. The third-order valence-electron chi connectivity index (χ3n) is 4.45. The minimum Gasteiger partial charge on any atom is -0.479 e. The Balaban J connectivity index is 1.86. The van der Waals surface area contributed by atoms with Gasteiger partial charge < -0.3 is 19.7 Å². The van der Waals surface area contributed by atoms with Crippen molar-refractivity contribution in [2.75, 3.05) is 20.3 Å². The zero-order valence-electron chi connectivity index (χ0n) is 12.9. The number of ether oxygens (including phenoxy) is 1. The summed E-state index contributed by atoms with van der Waals surface area (Å²) in [6.07, 6.45) is 4.65. The van der Waals surface area contributed by atoms with E-state index in [1.807, 2.05) is 12.1 Å². The van der Waals surface area contributed by atoms with Crippen molar-refractivity contribution in [3.63, 3.8) is 0 Å². The van der Waals surface area contributed by atoms with Crippen LogP contribution in [0, 0.1) is 0 Å². The minimum atomic E-state index is -1.25. The maximum Gasteiger partial charge on any atom is 0.332 e. The maximum absolute atomic E-state index is 12.7. The first-order valence-electron chi connectivity index (χ1n) is 7.52. The Kier molecular flexibility index (Phi) is 4.04. The van der Waals surface area contributed by atoms with Gasteiger partial charge in [0.25, 0.3) is 0 Å². The Bertz CT molecular complexity index is 742. The number of aromatic nitrogens is 2. The number of carbonyl (C=O) groups is 2. The van der Waals surface area contributed by atoms with Crippen LogP contribution in [0.5, 0.6) is 0 Å². The summed E-state index contributed by atoms with van der Waals surface area (Å²) in [6.45, 7) is 0.443. The molecule has 122 valence electrons. The van der Waals surface area contributed by atoms with Crippen molar-refractivity contribution >= 4 is 22.9 Å². The highest BCUT2D eigenvalue weighted by Gasteiger charge is 2.50. The molecular weight excluding hydrogens is 298 g/mol. The number of likely N-dealkylation sites (tertiary alicyclic amines) is 1. The number of aliphatic carboxylic acids is 1. The number of pyridine rings is 1. The summed E-state index contributed by atoms with van der Waals surface area (Å²) in [5.41, 5.74) is 0.288. The van der Waals surface area contributed by atoms with Crippen molar-refractivity contribution in [1.29, 1.82) is 0 Å². The van der Waals surface area contributed by atoms with Gasteiger partial charge in [0.2, 0.25) is 5.91 Å². The van der Waals surface area contributed by atoms with Gasteiger partial charge >= 0.3 is 5.97 Å². The Morgan fingerprint density at radius 3 is 3.09 bits per heavy atom. The van der Waals surface area contributed by atoms with Gasteiger partial charge in [0, 0.05) is 31.4 Å². The average Bonchev–Trinajstić information content (AvgIpc) is 3.13. The average molecular weight is 317 g/mol. The van der Waals surface area contributed by atoms with Crippen molar-refractivity contribution in [3.8, 4) is 0 Å². The molecule has 3 rings (SSSR count). The summed E-state index contributed by atoms with van der Waals surface area (Å²) in [7, 11) is 1.46. The van der Waals surface area contributed by atoms with E-state index in [1.54, 1.807) is 12.4 Å². The van der Waals surface area contributed by atoms with Crippen LogP contribution in [0.15, 0.2) is 24.5 Å². The Morgan fingerprint density at radius 2 is 2.35 bits per heavy atom. The van der Waals surface area contributed by atoms with Gasteiger partial charge in [-0.3, -0.25) is 4.79 Å². The lowest BCUT2D eigenvalue weighted by molar-refractivity contribution is -0.160. The van der Waals surface area contributed by atoms with Gasteiger partial charge in [-0.15, -0.1) is 0 Å². The summed E-state index contributed by atoms with van der Waals surface area (Å²) in [4.78, 5) is 33.2. The maximum atomic E-state index is 12.7. The molecule has 0 aromatic carbocycles. The molecular formula is C16H19N3O4. The molecule has 1 aliphatic heterocycles. The fourth-order valence-corrected chi connectivity index (χ4v) is 3.33. The molecule has 0 aliphatic carbocycles. The molecule has 1 amide bonds. The van der Waals surface area contributed by atoms with Crippen LogP contribution < -0.4 is 0 Å². The first-order valence-corrected chi connectivity index (χ1v) is 7.52. The number of amides is 1. The van der Waals surface area contributed by atoms with Crippen LogP contribution in [0.3, 0.4) is 0 Å². The zero-order valence-corrected chi connectivity index (χ0v) is 12.9. The lowest BCUT2D eigenvalue weighted by atomic mass is 9.96. The SMILES string of the molecule is COCC1(C(=O)O)CCCN1C(=O)Cc1c[nH]c2ncccc12. The topological polar surface area (TPSA) is 95.5 Å². The molecule has 3 heterocycles. The van der Waals surface area contributed by atoms with E-state index in [9.17, 15) is 14.7 Å². The summed E-state index contributed by atoms with van der Waals surface area (Å²) in [5.74, 6) is -1.21. The highest BCUT2D eigenvalue weighted by atomic mass is 16.5. The van der Waals surface area contributed by atoms with E-state index in [2.05, 4.69) is 9.97 Å². The number of carboxylic acids is 1. The van der Waals surface area contributed by atoms with Crippen LogP contribution in [0.4, 0.5) is 0 Å². The molecule has 2 aromatic rings. The Hall–Kier alpha value is -2.41. The van der Waals surface area contributed by atoms with Crippen LogP contribution in [0.25, 0.3) is 11.0 Å². The quantitative estimate of drug-likeness (QED) is 0.864. The van der Waals surface area contributed by atoms with Gasteiger partial charge in [-0.25, -0.2) is 9.78 Å². The second-order valence-electron chi connectivity index (χ2n) is 5.81. The van der Waals surface area contributed by atoms with E-state index in [1.165, 1.54) is 12.0 Å². The first-order chi connectivity index (χ1) is 11.1. The number of carbonyl (C=O) groups excluding carboxylic acids is 1. The summed E-state index contributed by atoms with van der Waals surface area (Å²) < 4.78 is 5.09. The number of fused-ring (bicyclic) bond motifs is 1. The van der Waals surface area contributed by atoms with Crippen LogP contribution >= 0.6 is 0 Å². The van der Waals surface area contributed by atoms with E-state index >= 15 is 0 Å². The van der Waals surface area contributed by atoms with Crippen molar-refractivity contribution < 1.29 is 19.4 Å². The van der Waals surface area contributed by atoms with E-state index in [0.29, 0.717) is 19.4 Å². The molecule has 7 nitrogen and oxygen atoms in total. The van der Waals surface area contributed by atoms with Gasteiger partial charge in [0.05, 0.1) is 13.0 Å². The van der Waals surface area contributed by atoms with Gasteiger partial charge in [-0.1, -0.05) is 0 Å². The molecule has 23 heavy (non-hydrogen) atoms. The Labute approximate surface area is 133 Å². The third kappa shape index (κ3) is 2.57. The molecule has 0 spiro atoms. The minimum absolute atomic E-state index is 0.00349. The fraction of sp³-hybridized carbons (Fsp3) is 0.438. The van der Waals surface area contributed by atoms with Gasteiger partial charge in [-0.05, 0) is 30.5 Å². The summed E-state index contributed by atoms with van der Waals surface area (Å²) in [6, 6.07) is 3.71. The number of nitrogens with zero attached hydrogens (tertiary/aromatic N) is 2. The molecule has 1 aliphatic rings. The van der Waals surface area contributed by atoms with Crippen molar-refractivity contribution in [3.05, 3.63) is 30.1 Å². The molecule has 1 fully saturated rings. The second-order valence-corrected chi connectivity index (χ2v) is 5.81. The number of hydrogen-bond donors (Lipinski definition) is 2. The highest BCUT2D eigenvalue weighted by molar-refractivity contribution is 5.91. The normalized spacial score (nSPS) is 21.0. The van der Waals surface area contributed by atoms with E-state index in [0.717, 1.165) is 16.6 Å². The molecule has 0 radical (unpaired) electrons. The van der Waals surface area contributed by atoms with Crippen molar-refractivity contribution in [2.24, 2.45) is 0 Å². The Morgan fingerprint density at radius 1 is 1.52 bits per heavy atom. The van der Waals surface area contributed by atoms with E-state index in [-0.39, 0.29) is 18.9 Å². The number of aromatic amines is 1. The molecule has 1 saturated heterocycles. The van der Waals surface area contributed by atoms with E-state index in [4.69, 9.17) is 4.74 Å². The monoisotopic (exact) mass is 317 g/mol.